The van der Waals surface area contributed by atoms with Gasteiger partial charge in [-0.3, -0.25) is 9.59 Å². The molecule has 0 fully saturated rings. The number of amides is 2. The molecule has 1 heterocycles. The Morgan fingerprint density at radius 2 is 2.00 bits per heavy atom. The van der Waals surface area contributed by atoms with Gasteiger partial charge in [-0.25, -0.2) is 5.43 Å². The van der Waals surface area contributed by atoms with Gasteiger partial charge in [0.25, 0.3) is 11.8 Å². The van der Waals surface area contributed by atoms with Crippen molar-refractivity contribution >= 4 is 41.2 Å². The first-order valence-electron chi connectivity index (χ1n) is 7.51. The number of nitrogens with one attached hydrogen (secondary N) is 2. The molecule has 0 bridgehead atoms. The van der Waals surface area contributed by atoms with Crippen LogP contribution in [-0.2, 0) is 4.79 Å². The third-order valence-electron chi connectivity index (χ3n) is 3.32. The Hall–Kier alpha value is -2.31. The summed E-state index contributed by atoms with van der Waals surface area (Å²) in [6.45, 7) is 3.62. The summed E-state index contributed by atoms with van der Waals surface area (Å²) in [5.74, 6) is -0.575. The Labute approximate surface area is 155 Å². The van der Waals surface area contributed by atoms with Crippen LogP contribution in [0.15, 0.2) is 46.1 Å². The van der Waals surface area contributed by atoms with Crippen molar-refractivity contribution in [3.8, 4) is 0 Å². The molecular weight excluding hydrogens is 365 g/mol. The Bertz CT molecular complexity index is 773. The Balaban J connectivity index is 2.04. The van der Waals surface area contributed by atoms with Crippen LogP contribution in [0.25, 0.3) is 0 Å². The average molecular weight is 382 g/mol. The molecule has 0 aliphatic carbocycles. The first-order chi connectivity index (χ1) is 11.9. The highest BCUT2D eigenvalue weighted by Crippen LogP contribution is 2.21. The van der Waals surface area contributed by atoms with E-state index >= 15 is 0 Å². The molecule has 0 aliphatic rings. The summed E-state index contributed by atoms with van der Waals surface area (Å²) < 4.78 is 5.07. The number of benzene rings is 1. The van der Waals surface area contributed by atoms with Gasteiger partial charge in [-0.05, 0) is 36.2 Å². The molecule has 1 unspecified atom stereocenters. The minimum absolute atomic E-state index is 0.158. The lowest BCUT2D eigenvalue weighted by atomic mass is 10.0. The van der Waals surface area contributed by atoms with Gasteiger partial charge < -0.3 is 9.73 Å². The molecule has 2 N–H and O–H groups in total. The Morgan fingerprint density at radius 3 is 2.60 bits per heavy atom. The van der Waals surface area contributed by atoms with Gasteiger partial charge in [0.1, 0.15) is 11.8 Å². The fourth-order valence-electron chi connectivity index (χ4n) is 2.02. The van der Waals surface area contributed by atoms with Crippen LogP contribution in [0.4, 0.5) is 0 Å². The van der Waals surface area contributed by atoms with E-state index in [0.29, 0.717) is 10.8 Å². The maximum Gasteiger partial charge on any atom is 0.262 e. The Morgan fingerprint density at radius 1 is 1.24 bits per heavy atom. The molecular formula is C17H17Cl2N3O3. The van der Waals surface area contributed by atoms with Gasteiger partial charge >= 0.3 is 0 Å². The van der Waals surface area contributed by atoms with E-state index in [1.165, 1.54) is 24.6 Å². The van der Waals surface area contributed by atoms with Crippen molar-refractivity contribution in [3.63, 3.8) is 0 Å². The largest absolute Gasteiger partial charge is 0.463 e. The quantitative estimate of drug-likeness (QED) is 0.593. The summed E-state index contributed by atoms with van der Waals surface area (Å²) >= 11 is 11.9. The van der Waals surface area contributed by atoms with Crippen LogP contribution in [-0.4, -0.2) is 24.1 Å². The second kappa shape index (κ2) is 8.69. The van der Waals surface area contributed by atoms with Crippen molar-refractivity contribution in [1.82, 2.24) is 10.7 Å². The van der Waals surface area contributed by atoms with Gasteiger partial charge in [-0.2, -0.15) is 5.10 Å². The number of rotatable bonds is 6. The predicted octanol–water partition coefficient (Wildman–Crippen LogP) is 3.49. The molecule has 2 amide bonds. The highest BCUT2D eigenvalue weighted by molar-refractivity contribution is 6.36. The van der Waals surface area contributed by atoms with Gasteiger partial charge in [-0.15, -0.1) is 0 Å². The van der Waals surface area contributed by atoms with Gasteiger partial charge in [-0.1, -0.05) is 37.0 Å². The normalized spacial score (nSPS) is 12.4. The van der Waals surface area contributed by atoms with Crippen LogP contribution in [0.3, 0.4) is 0 Å². The summed E-state index contributed by atoms with van der Waals surface area (Å²) in [5.41, 5.74) is 2.62. The molecule has 8 heteroatoms. The van der Waals surface area contributed by atoms with Crippen LogP contribution >= 0.6 is 23.2 Å². The molecule has 2 rings (SSSR count). The van der Waals surface area contributed by atoms with Gasteiger partial charge in [0.05, 0.1) is 23.1 Å². The van der Waals surface area contributed by atoms with E-state index in [0.717, 1.165) is 0 Å². The second-order valence-corrected chi connectivity index (χ2v) is 6.41. The highest BCUT2D eigenvalue weighted by atomic mass is 35.5. The Kier molecular flexibility index (Phi) is 6.61. The molecule has 1 atom stereocenters. The van der Waals surface area contributed by atoms with Crippen molar-refractivity contribution < 1.29 is 14.0 Å². The summed E-state index contributed by atoms with van der Waals surface area (Å²) in [6.07, 6.45) is 2.86. The molecule has 1 aromatic carbocycles. The van der Waals surface area contributed by atoms with E-state index in [4.69, 9.17) is 27.6 Å². The van der Waals surface area contributed by atoms with E-state index in [1.807, 2.05) is 13.8 Å². The minimum Gasteiger partial charge on any atom is -0.463 e. The molecule has 0 saturated heterocycles. The van der Waals surface area contributed by atoms with Crippen molar-refractivity contribution in [1.29, 1.82) is 0 Å². The lowest BCUT2D eigenvalue weighted by Gasteiger charge is -2.20. The molecule has 0 spiro atoms. The van der Waals surface area contributed by atoms with Gasteiger partial charge in [0, 0.05) is 5.02 Å². The van der Waals surface area contributed by atoms with Crippen LogP contribution < -0.4 is 10.7 Å². The number of hydrogen-bond acceptors (Lipinski definition) is 4. The number of hydrazone groups is 1. The molecule has 2 aromatic rings. The summed E-state index contributed by atoms with van der Waals surface area (Å²) in [4.78, 5) is 24.7. The zero-order chi connectivity index (χ0) is 18.4. The maximum absolute atomic E-state index is 12.4. The number of hydrogen-bond donors (Lipinski definition) is 2. The van der Waals surface area contributed by atoms with E-state index in [-0.39, 0.29) is 16.5 Å². The van der Waals surface area contributed by atoms with E-state index in [2.05, 4.69) is 15.8 Å². The third-order valence-corrected chi connectivity index (χ3v) is 3.87. The van der Waals surface area contributed by atoms with Gasteiger partial charge in [0.2, 0.25) is 0 Å². The standard InChI is InChI=1S/C17H17Cl2N3O3/c1-10(2)15(17(24)22-20-9-12-4-3-7-25-12)21-16(23)13-6-5-11(18)8-14(13)19/h3-10,15H,1-2H3,(H,21,23)(H,22,24). The van der Waals surface area contributed by atoms with E-state index in [1.54, 1.807) is 18.2 Å². The minimum atomic E-state index is -0.784. The number of carbonyl (C=O) groups is 2. The van der Waals surface area contributed by atoms with Crippen LogP contribution in [0.1, 0.15) is 30.0 Å². The molecule has 6 nitrogen and oxygen atoms in total. The van der Waals surface area contributed by atoms with Crippen molar-refractivity contribution in [2.75, 3.05) is 0 Å². The molecule has 132 valence electrons. The van der Waals surface area contributed by atoms with Crippen molar-refractivity contribution in [2.24, 2.45) is 11.0 Å². The molecule has 0 saturated carbocycles. The zero-order valence-electron chi connectivity index (χ0n) is 13.6. The summed E-state index contributed by atoms with van der Waals surface area (Å²) in [7, 11) is 0. The number of halogens is 2. The smallest absolute Gasteiger partial charge is 0.262 e. The number of carbonyl (C=O) groups excluding carboxylic acids is 2. The van der Waals surface area contributed by atoms with Crippen molar-refractivity contribution in [3.05, 3.63) is 58.0 Å². The first kappa shape index (κ1) is 19.0. The lowest BCUT2D eigenvalue weighted by molar-refractivity contribution is -0.123. The summed E-state index contributed by atoms with van der Waals surface area (Å²) in [6, 6.07) is 7.14. The van der Waals surface area contributed by atoms with Crippen LogP contribution in [0.5, 0.6) is 0 Å². The second-order valence-electron chi connectivity index (χ2n) is 5.57. The number of furan rings is 1. The topological polar surface area (TPSA) is 83.7 Å². The highest BCUT2D eigenvalue weighted by Gasteiger charge is 2.25. The predicted molar refractivity (Wildman–Crippen MR) is 97.0 cm³/mol. The van der Waals surface area contributed by atoms with Crippen molar-refractivity contribution in [2.45, 2.75) is 19.9 Å². The SMILES string of the molecule is CC(C)C(NC(=O)c1ccc(Cl)cc1Cl)C(=O)NN=Cc1ccco1. The molecule has 0 aliphatic heterocycles. The fourth-order valence-corrected chi connectivity index (χ4v) is 2.52. The third kappa shape index (κ3) is 5.34. The molecule has 25 heavy (non-hydrogen) atoms. The maximum atomic E-state index is 12.4. The van der Waals surface area contributed by atoms with Gasteiger partial charge in [0.15, 0.2) is 0 Å². The lowest BCUT2D eigenvalue weighted by Crippen LogP contribution is -2.48. The van der Waals surface area contributed by atoms with E-state index < -0.39 is 17.9 Å². The first-order valence-corrected chi connectivity index (χ1v) is 8.26. The zero-order valence-corrected chi connectivity index (χ0v) is 15.1. The summed E-state index contributed by atoms with van der Waals surface area (Å²) in [5, 5.41) is 7.11. The monoisotopic (exact) mass is 381 g/mol. The molecule has 1 aromatic heterocycles. The average Bonchev–Trinajstić information content (AvgIpc) is 3.05. The molecule has 0 radical (unpaired) electrons. The van der Waals surface area contributed by atoms with Crippen LogP contribution in [0, 0.1) is 5.92 Å². The number of nitrogens with zero attached hydrogens (tertiary/aromatic N) is 1. The van der Waals surface area contributed by atoms with E-state index in [9.17, 15) is 9.59 Å². The van der Waals surface area contributed by atoms with Crippen LogP contribution in [0.2, 0.25) is 10.0 Å². The fraction of sp³-hybridized carbons (Fsp3) is 0.235.